The molecule has 29 heavy (non-hydrogen) atoms. The Labute approximate surface area is 170 Å². The fourth-order valence-electron chi connectivity index (χ4n) is 3.29. The first kappa shape index (κ1) is 20.3. The van der Waals surface area contributed by atoms with Crippen molar-refractivity contribution >= 4 is 17.6 Å². The molecule has 0 saturated carbocycles. The topological polar surface area (TPSA) is 88.7 Å². The zero-order valence-electron chi connectivity index (χ0n) is 17.0. The Morgan fingerprint density at radius 3 is 2.59 bits per heavy atom. The summed E-state index contributed by atoms with van der Waals surface area (Å²) in [7, 11) is 1.55. The molecule has 7 heteroatoms. The Hall–Kier alpha value is -3.48. The highest BCUT2D eigenvalue weighted by atomic mass is 16.5. The zero-order valence-corrected chi connectivity index (χ0v) is 17.0. The summed E-state index contributed by atoms with van der Waals surface area (Å²) in [6.07, 6.45) is 0. The Morgan fingerprint density at radius 1 is 1.14 bits per heavy atom. The van der Waals surface area contributed by atoms with Gasteiger partial charge in [-0.25, -0.2) is 4.79 Å². The van der Waals surface area contributed by atoms with Crippen LogP contribution in [-0.4, -0.2) is 25.7 Å². The molecule has 0 radical (unpaired) electrons. The maximum Gasteiger partial charge on any atom is 0.319 e. The van der Waals surface area contributed by atoms with Crippen LogP contribution < -0.4 is 25.4 Å². The molecule has 1 aliphatic rings. The van der Waals surface area contributed by atoms with Crippen molar-refractivity contribution in [3.63, 3.8) is 0 Å². The zero-order chi connectivity index (χ0) is 21.0. The van der Waals surface area contributed by atoms with Crippen molar-refractivity contribution < 1.29 is 19.1 Å². The summed E-state index contributed by atoms with van der Waals surface area (Å²) in [5, 5.41) is 8.46. The van der Waals surface area contributed by atoms with E-state index >= 15 is 0 Å². The maximum absolute atomic E-state index is 13.1. The Bertz CT molecular complexity index is 968. The smallest absolute Gasteiger partial charge is 0.319 e. The lowest BCUT2D eigenvalue weighted by Crippen LogP contribution is -2.46. The first-order chi connectivity index (χ1) is 13.9. The van der Waals surface area contributed by atoms with E-state index in [0.29, 0.717) is 29.4 Å². The van der Waals surface area contributed by atoms with Crippen molar-refractivity contribution in [2.45, 2.75) is 26.8 Å². The maximum atomic E-state index is 13.1. The molecule has 1 atom stereocenters. The number of ether oxygens (including phenoxy) is 2. The number of anilines is 1. The van der Waals surface area contributed by atoms with Gasteiger partial charge in [0.05, 0.1) is 25.3 Å². The van der Waals surface area contributed by atoms with E-state index in [9.17, 15) is 9.59 Å². The van der Waals surface area contributed by atoms with Gasteiger partial charge in [0.1, 0.15) is 0 Å². The number of aryl methyl sites for hydroxylation is 1. The molecule has 2 aromatic carbocycles. The van der Waals surface area contributed by atoms with Gasteiger partial charge in [-0.05, 0) is 50.1 Å². The predicted octanol–water partition coefficient (Wildman–Crippen LogP) is 3.67. The van der Waals surface area contributed by atoms with Crippen molar-refractivity contribution in [3.8, 4) is 11.5 Å². The van der Waals surface area contributed by atoms with E-state index in [1.165, 1.54) is 0 Å². The van der Waals surface area contributed by atoms with Gasteiger partial charge in [-0.15, -0.1) is 0 Å². The van der Waals surface area contributed by atoms with Crippen molar-refractivity contribution in [1.82, 2.24) is 10.6 Å². The van der Waals surface area contributed by atoms with Gasteiger partial charge < -0.3 is 25.4 Å². The third-order valence-corrected chi connectivity index (χ3v) is 4.73. The van der Waals surface area contributed by atoms with Gasteiger partial charge in [-0.3, -0.25) is 4.79 Å². The Kier molecular flexibility index (Phi) is 6.07. The minimum atomic E-state index is -0.627. The number of amides is 3. The van der Waals surface area contributed by atoms with Crippen molar-refractivity contribution in [1.29, 1.82) is 0 Å². The van der Waals surface area contributed by atoms with E-state index in [0.717, 1.165) is 16.8 Å². The number of para-hydroxylation sites is 1. The first-order valence-corrected chi connectivity index (χ1v) is 9.40. The molecule has 3 amide bonds. The van der Waals surface area contributed by atoms with Crippen LogP contribution in [0.1, 0.15) is 31.0 Å². The second-order valence-electron chi connectivity index (χ2n) is 6.68. The van der Waals surface area contributed by atoms with Gasteiger partial charge in [-0.2, -0.15) is 0 Å². The van der Waals surface area contributed by atoms with Crippen LogP contribution in [0.4, 0.5) is 10.5 Å². The fraction of sp³-hybridized carbons (Fsp3) is 0.273. The molecule has 2 aromatic rings. The lowest BCUT2D eigenvalue weighted by molar-refractivity contribution is -0.113. The summed E-state index contributed by atoms with van der Waals surface area (Å²) >= 11 is 0. The molecule has 1 aliphatic heterocycles. The molecule has 0 fully saturated rings. The number of urea groups is 1. The van der Waals surface area contributed by atoms with E-state index < -0.39 is 6.04 Å². The van der Waals surface area contributed by atoms with Crippen molar-refractivity contribution in [2.24, 2.45) is 0 Å². The Morgan fingerprint density at radius 2 is 1.90 bits per heavy atom. The average molecular weight is 395 g/mol. The molecule has 7 nitrogen and oxygen atoms in total. The number of carbonyl (C=O) groups is 2. The van der Waals surface area contributed by atoms with Gasteiger partial charge in [0.25, 0.3) is 5.91 Å². The SMILES string of the molecule is CCOc1ccc([C@H]2NC(=O)NC(C)=C2C(=O)Nc2ccccc2C)cc1OC. The van der Waals surface area contributed by atoms with E-state index in [4.69, 9.17) is 9.47 Å². The highest BCUT2D eigenvalue weighted by Crippen LogP contribution is 2.34. The lowest BCUT2D eigenvalue weighted by Gasteiger charge is -2.29. The highest BCUT2D eigenvalue weighted by Gasteiger charge is 2.32. The average Bonchev–Trinajstić information content (AvgIpc) is 2.69. The van der Waals surface area contributed by atoms with E-state index in [1.807, 2.05) is 44.2 Å². The molecule has 0 saturated heterocycles. The summed E-state index contributed by atoms with van der Waals surface area (Å²) in [5.41, 5.74) is 3.31. The standard InChI is InChI=1S/C22H25N3O4/c1-5-29-17-11-10-15(12-18(17)28-4)20-19(14(3)23-22(27)25-20)21(26)24-16-9-7-6-8-13(16)2/h6-12,20H,5H2,1-4H3,(H,24,26)(H2,23,25,27)/t20-/m1/s1. The molecule has 0 bridgehead atoms. The van der Waals surface area contributed by atoms with E-state index in [1.54, 1.807) is 26.2 Å². The lowest BCUT2D eigenvalue weighted by atomic mass is 9.94. The van der Waals surface area contributed by atoms with Crippen LogP contribution in [0.3, 0.4) is 0 Å². The second-order valence-corrected chi connectivity index (χ2v) is 6.68. The number of allylic oxidation sites excluding steroid dienone is 1. The molecule has 3 rings (SSSR count). The summed E-state index contributed by atoms with van der Waals surface area (Å²) in [6, 6.07) is 11.9. The Balaban J connectivity index is 1.98. The quantitative estimate of drug-likeness (QED) is 0.696. The van der Waals surface area contributed by atoms with Crippen LogP contribution in [0, 0.1) is 6.92 Å². The predicted molar refractivity (Wildman–Crippen MR) is 111 cm³/mol. The summed E-state index contributed by atoms with van der Waals surface area (Å²) < 4.78 is 11.0. The summed E-state index contributed by atoms with van der Waals surface area (Å²) in [5.74, 6) is 0.848. The van der Waals surface area contributed by atoms with Gasteiger partial charge in [0.2, 0.25) is 0 Å². The first-order valence-electron chi connectivity index (χ1n) is 9.40. The number of hydrogen-bond acceptors (Lipinski definition) is 4. The molecule has 0 aliphatic carbocycles. The molecular formula is C22H25N3O4. The molecule has 0 aromatic heterocycles. The molecule has 3 N–H and O–H groups in total. The molecule has 1 heterocycles. The number of nitrogens with one attached hydrogen (secondary N) is 3. The van der Waals surface area contributed by atoms with Crippen LogP contribution in [0.15, 0.2) is 53.7 Å². The minimum Gasteiger partial charge on any atom is -0.493 e. The third-order valence-electron chi connectivity index (χ3n) is 4.73. The van der Waals surface area contributed by atoms with E-state index in [2.05, 4.69) is 16.0 Å². The second kappa shape index (κ2) is 8.68. The van der Waals surface area contributed by atoms with Gasteiger partial charge in [0, 0.05) is 11.4 Å². The van der Waals surface area contributed by atoms with Crippen LogP contribution in [0.5, 0.6) is 11.5 Å². The van der Waals surface area contributed by atoms with Crippen LogP contribution >= 0.6 is 0 Å². The molecule has 152 valence electrons. The number of hydrogen-bond donors (Lipinski definition) is 3. The van der Waals surface area contributed by atoms with Crippen LogP contribution in [-0.2, 0) is 4.79 Å². The normalized spacial score (nSPS) is 16.0. The van der Waals surface area contributed by atoms with Crippen LogP contribution in [0.25, 0.3) is 0 Å². The highest BCUT2D eigenvalue weighted by molar-refractivity contribution is 6.07. The summed E-state index contributed by atoms with van der Waals surface area (Å²) in [4.78, 5) is 25.2. The number of rotatable bonds is 6. The monoisotopic (exact) mass is 395 g/mol. The van der Waals surface area contributed by atoms with Gasteiger partial charge >= 0.3 is 6.03 Å². The minimum absolute atomic E-state index is 0.290. The molecular weight excluding hydrogens is 370 g/mol. The molecule has 0 unspecified atom stereocenters. The van der Waals surface area contributed by atoms with E-state index in [-0.39, 0.29) is 11.9 Å². The van der Waals surface area contributed by atoms with Crippen molar-refractivity contribution in [3.05, 3.63) is 64.9 Å². The largest absolute Gasteiger partial charge is 0.493 e. The third kappa shape index (κ3) is 4.34. The van der Waals surface area contributed by atoms with Crippen molar-refractivity contribution in [2.75, 3.05) is 19.0 Å². The molecule has 0 spiro atoms. The van der Waals surface area contributed by atoms with Crippen LogP contribution in [0.2, 0.25) is 0 Å². The van der Waals surface area contributed by atoms with Gasteiger partial charge in [-0.1, -0.05) is 24.3 Å². The fourth-order valence-corrected chi connectivity index (χ4v) is 3.29. The number of benzene rings is 2. The number of methoxy groups -OCH3 is 1. The van der Waals surface area contributed by atoms with Gasteiger partial charge in [0.15, 0.2) is 11.5 Å². The summed E-state index contributed by atoms with van der Waals surface area (Å²) in [6.45, 7) is 6.03. The number of carbonyl (C=O) groups excluding carboxylic acids is 2.